The number of aromatic carboxylic acids is 1. The zero-order chi connectivity index (χ0) is 14.0. The Morgan fingerprint density at radius 2 is 2.11 bits per heavy atom. The lowest BCUT2D eigenvalue weighted by atomic mass is 10.1. The Labute approximate surface area is 118 Å². The molecule has 0 unspecified atom stereocenters. The van der Waals surface area contributed by atoms with Gasteiger partial charge in [0.2, 0.25) is 0 Å². The lowest BCUT2D eigenvalue weighted by Crippen LogP contribution is -2.34. The number of carboxylic acid groups (broad SMARTS) is 1. The fourth-order valence-electron chi connectivity index (χ4n) is 2.89. The van der Waals surface area contributed by atoms with Gasteiger partial charge in [0.05, 0.1) is 16.3 Å². The summed E-state index contributed by atoms with van der Waals surface area (Å²) in [6, 6.07) is 3.49. The number of halogens is 1. The third-order valence-electron chi connectivity index (χ3n) is 3.71. The van der Waals surface area contributed by atoms with Crippen LogP contribution in [0.15, 0.2) is 12.1 Å². The van der Waals surface area contributed by atoms with Gasteiger partial charge in [0.1, 0.15) is 0 Å². The molecule has 0 radical (unpaired) electrons. The fraction of sp³-hybridized carbons (Fsp3) is 0.500. The smallest absolute Gasteiger partial charge is 0.337 e. The maximum Gasteiger partial charge on any atom is 0.337 e. The molecule has 0 aliphatic heterocycles. The summed E-state index contributed by atoms with van der Waals surface area (Å²) in [4.78, 5) is 13.5. The van der Waals surface area contributed by atoms with Crippen LogP contribution in [0.3, 0.4) is 0 Å². The normalized spacial score (nSPS) is 15.7. The van der Waals surface area contributed by atoms with Crippen LogP contribution >= 0.6 is 11.6 Å². The van der Waals surface area contributed by atoms with Gasteiger partial charge >= 0.3 is 5.97 Å². The molecule has 0 amide bonds. The summed E-state index contributed by atoms with van der Waals surface area (Å²) in [5, 5.41) is 9.78. The van der Waals surface area contributed by atoms with E-state index in [2.05, 4.69) is 4.90 Å². The van der Waals surface area contributed by atoms with Crippen molar-refractivity contribution >= 4 is 28.9 Å². The van der Waals surface area contributed by atoms with Crippen molar-refractivity contribution in [3.63, 3.8) is 0 Å². The molecule has 3 N–H and O–H groups in total. The van der Waals surface area contributed by atoms with Crippen molar-refractivity contribution in [3.8, 4) is 0 Å². The Hall–Kier alpha value is -1.42. The van der Waals surface area contributed by atoms with Gasteiger partial charge in [-0.1, -0.05) is 24.4 Å². The minimum Gasteiger partial charge on any atom is -0.478 e. The monoisotopic (exact) mass is 282 g/mol. The molecule has 4 nitrogen and oxygen atoms in total. The molecular formula is C14H19ClN2O2. The van der Waals surface area contributed by atoms with Crippen molar-refractivity contribution in [1.82, 2.24) is 0 Å². The lowest BCUT2D eigenvalue weighted by molar-refractivity contribution is 0.0697. The first-order valence-electron chi connectivity index (χ1n) is 6.63. The second kappa shape index (κ2) is 5.70. The average Bonchev–Trinajstić information content (AvgIpc) is 2.85. The van der Waals surface area contributed by atoms with Crippen LogP contribution in [-0.4, -0.2) is 23.7 Å². The van der Waals surface area contributed by atoms with E-state index in [-0.39, 0.29) is 5.56 Å². The number of nitrogens with zero attached hydrogens (tertiary/aromatic N) is 1. The highest BCUT2D eigenvalue weighted by atomic mass is 35.5. The van der Waals surface area contributed by atoms with Crippen LogP contribution in [0.4, 0.5) is 11.4 Å². The second-order valence-electron chi connectivity index (χ2n) is 4.93. The van der Waals surface area contributed by atoms with Crippen LogP contribution in [0.1, 0.15) is 43.0 Å². The number of hydrogen-bond acceptors (Lipinski definition) is 3. The molecular weight excluding hydrogens is 264 g/mol. The molecule has 1 aromatic rings. The van der Waals surface area contributed by atoms with Gasteiger partial charge in [0, 0.05) is 18.3 Å². The van der Waals surface area contributed by atoms with E-state index in [1.807, 2.05) is 6.92 Å². The van der Waals surface area contributed by atoms with Gasteiger partial charge in [0.25, 0.3) is 0 Å². The first-order chi connectivity index (χ1) is 9.04. The molecule has 5 heteroatoms. The molecule has 1 fully saturated rings. The number of nitrogens with two attached hydrogens (primary N) is 1. The van der Waals surface area contributed by atoms with Crippen molar-refractivity contribution < 1.29 is 9.90 Å². The first kappa shape index (κ1) is 14.0. The van der Waals surface area contributed by atoms with Crippen LogP contribution in [0.25, 0.3) is 0 Å². The SMILES string of the molecule is CCN(c1c(Cl)cc(N)cc1C(=O)O)C1CCCC1. The van der Waals surface area contributed by atoms with Crippen LogP contribution in [-0.2, 0) is 0 Å². The zero-order valence-corrected chi connectivity index (χ0v) is 11.8. The van der Waals surface area contributed by atoms with E-state index in [1.165, 1.54) is 18.9 Å². The molecule has 104 valence electrons. The zero-order valence-electron chi connectivity index (χ0n) is 11.0. The Morgan fingerprint density at radius 1 is 1.47 bits per heavy atom. The Bertz CT molecular complexity index is 485. The predicted octanol–water partition coefficient (Wildman–Crippen LogP) is 3.39. The predicted molar refractivity (Wildman–Crippen MR) is 78.1 cm³/mol. The number of hydrogen-bond donors (Lipinski definition) is 2. The highest BCUT2D eigenvalue weighted by Crippen LogP contribution is 2.37. The maximum atomic E-state index is 11.4. The van der Waals surface area contributed by atoms with E-state index in [0.29, 0.717) is 22.4 Å². The number of carboxylic acids is 1. The summed E-state index contributed by atoms with van der Waals surface area (Å²) in [6.07, 6.45) is 4.56. The molecule has 0 bridgehead atoms. The quantitative estimate of drug-likeness (QED) is 0.831. The maximum absolute atomic E-state index is 11.4. The van der Waals surface area contributed by atoms with Crippen LogP contribution < -0.4 is 10.6 Å². The number of carbonyl (C=O) groups is 1. The summed E-state index contributed by atoms with van der Waals surface area (Å²) in [6.45, 7) is 2.77. The van der Waals surface area contributed by atoms with Crippen LogP contribution in [0, 0.1) is 0 Å². The van der Waals surface area contributed by atoms with E-state index in [9.17, 15) is 9.90 Å². The van der Waals surface area contributed by atoms with Crippen molar-refractivity contribution in [2.24, 2.45) is 0 Å². The molecule has 0 aromatic heterocycles. The summed E-state index contributed by atoms with van der Waals surface area (Å²) in [5.41, 5.74) is 6.88. The minimum atomic E-state index is -0.986. The lowest BCUT2D eigenvalue weighted by Gasteiger charge is -2.32. The summed E-state index contributed by atoms with van der Waals surface area (Å²) in [7, 11) is 0. The molecule has 1 saturated carbocycles. The van der Waals surface area contributed by atoms with E-state index in [4.69, 9.17) is 17.3 Å². The molecule has 0 spiro atoms. The van der Waals surface area contributed by atoms with Crippen molar-refractivity contribution in [3.05, 3.63) is 22.7 Å². The van der Waals surface area contributed by atoms with Gasteiger partial charge in [-0.25, -0.2) is 4.79 Å². The van der Waals surface area contributed by atoms with Gasteiger partial charge in [-0.2, -0.15) is 0 Å². The molecule has 0 saturated heterocycles. The van der Waals surface area contributed by atoms with Gasteiger partial charge in [-0.15, -0.1) is 0 Å². The van der Waals surface area contributed by atoms with Crippen molar-refractivity contribution in [2.75, 3.05) is 17.2 Å². The van der Waals surface area contributed by atoms with Gasteiger partial charge in [-0.3, -0.25) is 0 Å². The van der Waals surface area contributed by atoms with Gasteiger partial charge < -0.3 is 15.7 Å². The molecule has 0 atom stereocenters. The number of benzene rings is 1. The average molecular weight is 283 g/mol. The second-order valence-corrected chi connectivity index (χ2v) is 5.34. The van der Waals surface area contributed by atoms with E-state index in [0.717, 1.165) is 19.4 Å². The third-order valence-corrected chi connectivity index (χ3v) is 4.00. The van der Waals surface area contributed by atoms with E-state index >= 15 is 0 Å². The summed E-state index contributed by atoms with van der Waals surface area (Å²) < 4.78 is 0. The van der Waals surface area contributed by atoms with Gasteiger partial charge in [-0.05, 0) is 31.9 Å². The number of rotatable bonds is 4. The van der Waals surface area contributed by atoms with Crippen molar-refractivity contribution in [2.45, 2.75) is 38.6 Å². The highest BCUT2D eigenvalue weighted by Gasteiger charge is 2.27. The third kappa shape index (κ3) is 2.78. The van der Waals surface area contributed by atoms with E-state index in [1.54, 1.807) is 6.07 Å². The van der Waals surface area contributed by atoms with Crippen LogP contribution in [0.2, 0.25) is 5.02 Å². The minimum absolute atomic E-state index is 0.193. The molecule has 1 aromatic carbocycles. The first-order valence-corrected chi connectivity index (χ1v) is 7.01. The molecule has 19 heavy (non-hydrogen) atoms. The summed E-state index contributed by atoms with van der Waals surface area (Å²) >= 11 is 6.25. The largest absolute Gasteiger partial charge is 0.478 e. The molecule has 1 aliphatic carbocycles. The standard InChI is InChI=1S/C14H19ClN2O2/c1-2-17(10-5-3-4-6-10)13-11(14(18)19)7-9(16)8-12(13)15/h7-8,10H,2-6,16H2,1H3,(H,18,19). The van der Waals surface area contributed by atoms with Crippen molar-refractivity contribution in [1.29, 1.82) is 0 Å². The molecule has 0 heterocycles. The molecule has 1 aliphatic rings. The number of anilines is 2. The summed E-state index contributed by atoms with van der Waals surface area (Å²) in [5.74, 6) is -0.986. The Balaban J connectivity index is 2.48. The van der Waals surface area contributed by atoms with E-state index < -0.39 is 5.97 Å². The Morgan fingerprint density at radius 3 is 2.63 bits per heavy atom. The molecule has 2 rings (SSSR count). The fourth-order valence-corrected chi connectivity index (χ4v) is 3.23. The van der Waals surface area contributed by atoms with Crippen LogP contribution in [0.5, 0.6) is 0 Å². The van der Waals surface area contributed by atoms with Gasteiger partial charge in [0.15, 0.2) is 0 Å². The number of nitrogen functional groups attached to an aromatic ring is 1. The topological polar surface area (TPSA) is 66.6 Å². The Kier molecular flexibility index (Phi) is 4.20. The highest BCUT2D eigenvalue weighted by molar-refractivity contribution is 6.34.